The molecule has 1 aromatic heterocycles. The molecule has 0 N–H and O–H groups in total. The normalized spacial score (nSPS) is 18.3. The minimum atomic E-state index is -0.0709. The lowest BCUT2D eigenvalue weighted by Crippen LogP contribution is -2.35. The van der Waals surface area contributed by atoms with Crippen molar-refractivity contribution in [3.05, 3.63) is 47.8 Å². The number of hydrogen-bond donors (Lipinski definition) is 0. The molecule has 0 saturated carbocycles. The zero-order chi connectivity index (χ0) is 19.2. The molecule has 1 unspecified atom stereocenters. The first kappa shape index (κ1) is 19.6. The Morgan fingerprint density at radius 3 is 2.81 bits per heavy atom. The summed E-state index contributed by atoms with van der Waals surface area (Å²) in [5.41, 5.74) is 2.16. The third-order valence-corrected chi connectivity index (χ3v) is 5.13. The van der Waals surface area contributed by atoms with E-state index in [2.05, 4.69) is 55.0 Å². The van der Waals surface area contributed by atoms with Crippen molar-refractivity contribution in [1.82, 2.24) is 14.9 Å². The molecule has 0 fully saturated rings. The van der Waals surface area contributed by atoms with E-state index in [0.29, 0.717) is 25.1 Å². The Morgan fingerprint density at radius 1 is 1.33 bits per heavy atom. The van der Waals surface area contributed by atoms with Gasteiger partial charge in [0, 0.05) is 39.8 Å². The van der Waals surface area contributed by atoms with E-state index in [-0.39, 0.29) is 6.10 Å². The maximum Gasteiger partial charge on any atom is 0.239 e. The molecule has 6 nitrogen and oxygen atoms in total. The van der Waals surface area contributed by atoms with Gasteiger partial charge in [0.1, 0.15) is 11.8 Å². The summed E-state index contributed by atoms with van der Waals surface area (Å²) in [6, 6.07) is 10.9. The zero-order valence-electron chi connectivity index (χ0n) is 16.8. The number of aromatic nitrogens is 2. The summed E-state index contributed by atoms with van der Waals surface area (Å²) in [6.45, 7) is 7.22. The number of methoxy groups -OCH3 is 1. The second-order valence-electron chi connectivity index (χ2n) is 7.20. The Morgan fingerprint density at radius 2 is 2.11 bits per heavy atom. The first-order valence-electron chi connectivity index (χ1n) is 9.61. The number of rotatable bonds is 7. The number of benzene rings is 1. The van der Waals surface area contributed by atoms with Gasteiger partial charge in [0.2, 0.25) is 5.88 Å². The molecular formula is C21H30N4O2. The van der Waals surface area contributed by atoms with Gasteiger partial charge in [0.25, 0.3) is 0 Å². The summed E-state index contributed by atoms with van der Waals surface area (Å²) < 4.78 is 11.6. The molecule has 2 aromatic rings. The van der Waals surface area contributed by atoms with E-state index in [0.717, 1.165) is 31.0 Å². The first-order chi connectivity index (χ1) is 13.1. The topological polar surface area (TPSA) is 50.7 Å². The second kappa shape index (κ2) is 9.15. The van der Waals surface area contributed by atoms with Gasteiger partial charge in [-0.3, -0.25) is 9.88 Å². The number of hydrogen-bond acceptors (Lipinski definition) is 6. The Bertz CT molecular complexity index is 725. The number of fused-ring (bicyclic) bond motifs is 1. The van der Waals surface area contributed by atoms with Crippen LogP contribution in [-0.4, -0.2) is 54.3 Å². The minimum absolute atomic E-state index is 0.0709. The lowest BCUT2D eigenvalue weighted by Gasteiger charge is -2.25. The van der Waals surface area contributed by atoms with Crippen molar-refractivity contribution in [3.8, 4) is 5.88 Å². The van der Waals surface area contributed by atoms with Gasteiger partial charge in [-0.25, -0.2) is 0 Å². The van der Waals surface area contributed by atoms with Crippen molar-refractivity contribution >= 4 is 5.82 Å². The molecule has 6 heteroatoms. The van der Waals surface area contributed by atoms with E-state index in [1.165, 1.54) is 5.56 Å². The fourth-order valence-electron chi connectivity index (χ4n) is 3.25. The van der Waals surface area contributed by atoms with Crippen LogP contribution in [0.4, 0.5) is 5.82 Å². The molecule has 0 amide bonds. The third kappa shape index (κ3) is 4.96. The van der Waals surface area contributed by atoms with Crippen LogP contribution >= 0.6 is 0 Å². The Kier molecular flexibility index (Phi) is 6.63. The van der Waals surface area contributed by atoms with Crippen molar-refractivity contribution in [3.63, 3.8) is 0 Å². The smallest absolute Gasteiger partial charge is 0.239 e. The standard InChI is InChI=1S/C21H30N4O2/c1-5-16(2)24(3)20-11-22-19-14-25(12-17-9-7-6-8-10-17)13-18(15-26-4)27-21(19)23-20/h6-11,16,18H,5,12-15H2,1-4H3/t16?,18-/m1/s1. The van der Waals surface area contributed by atoms with E-state index in [9.17, 15) is 0 Å². The number of anilines is 1. The lowest BCUT2D eigenvalue weighted by atomic mass is 10.2. The SMILES string of the molecule is CCC(C)N(C)c1cnc2c(n1)O[C@@H](COC)CN(Cc1ccccc1)C2. The van der Waals surface area contributed by atoms with E-state index in [1.807, 2.05) is 12.3 Å². The summed E-state index contributed by atoms with van der Waals surface area (Å²) in [5, 5.41) is 0. The highest BCUT2D eigenvalue weighted by Gasteiger charge is 2.26. The molecule has 0 aliphatic carbocycles. The molecular weight excluding hydrogens is 340 g/mol. The van der Waals surface area contributed by atoms with Gasteiger partial charge in [-0.2, -0.15) is 4.98 Å². The van der Waals surface area contributed by atoms with Crippen LogP contribution in [0.2, 0.25) is 0 Å². The van der Waals surface area contributed by atoms with Gasteiger partial charge >= 0.3 is 0 Å². The van der Waals surface area contributed by atoms with Crippen LogP contribution in [0.25, 0.3) is 0 Å². The first-order valence-corrected chi connectivity index (χ1v) is 9.61. The lowest BCUT2D eigenvalue weighted by molar-refractivity contribution is 0.0565. The van der Waals surface area contributed by atoms with Crippen molar-refractivity contribution in [1.29, 1.82) is 0 Å². The average molecular weight is 370 g/mol. The van der Waals surface area contributed by atoms with Crippen LogP contribution < -0.4 is 9.64 Å². The summed E-state index contributed by atoms with van der Waals surface area (Å²) in [4.78, 5) is 14.0. The molecule has 0 spiro atoms. The van der Waals surface area contributed by atoms with Gasteiger partial charge in [-0.1, -0.05) is 37.3 Å². The monoisotopic (exact) mass is 370 g/mol. The summed E-state index contributed by atoms with van der Waals surface area (Å²) in [6.07, 6.45) is 2.83. The molecule has 0 saturated heterocycles. The molecule has 2 atom stereocenters. The fraction of sp³-hybridized carbons (Fsp3) is 0.524. The van der Waals surface area contributed by atoms with Gasteiger partial charge in [-0.05, 0) is 18.9 Å². The number of ether oxygens (including phenoxy) is 2. The Balaban J connectivity index is 1.84. The molecule has 1 aromatic carbocycles. The van der Waals surface area contributed by atoms with Gasteiger partial charge in [-0.15, -0.1) is 0 Å². The largest absolute Gasteiger partial charge is 0.469 e. The zero-order valence-corrected chi connectivity index (χ0v) is 16.8. The van der Waals surface area contributed by atoms with Crippen LogP contribution in [-0.2, 0) is 17.8 Å². The van der Waals surface area contributed by atoms with Crippen LogP contribution in [0, 0.1) is 0 Å². The Labute approximate surface area is 162 Å². The molecule has 146 valence electrons. The summed E-state index contributed by atoms with van der Waals surface area (Å²) >= 11 is 0. The van der Waals surface area contributed by atoms with Gasteiger partial charge in [0.15, 0.2) is 5.82 Å². The van der Waals surface area contributed by atoms with Gasteiger partial charge in [0.05, 0.1) is 12.8 Å². The van der Waals surface area contributed by atoms with Crippen molar-refractivity contribution < 1.29 is 9.47 Å². The van der Waals surface area contributed by atoms with E-state index >= 15 is 0 Å². The molecule has 2 heterocycles. The molecule has 1 aliphatic heterocycles. The average Bonchev–Trinajstić information content (AvgIpc) is 2.85. The quantitative estimate of drug-likeness (QED) is 0.746. The summed E-state index contributed by atoms with van der Waals surface area (Å²) in [7, 11) is 3.76. The fourth-order valence-corrected chi connectivity index (χ4v) is 3.25. The molecule has 3 rings (SSSR count). The summed E-state index contributed by atoms with van der Waals surface area (Å²) in [5.74, 6) is 1.47. The maximum absolute atomic E-state index is 6.20. The predicted molar refractivity (Wildman–Crippen MR) is 107 cm³/mol. The molecule has 1 aliphatic rings. The van der Waals surface area contributed by atoms with Crippen molar-refractivity contribution in [2.45, 2.75) is 45.5 Å². The highest BCUT2D eigenvalue weighted by molar-refractivity contribution is 5.40. The number of nitrogens with zero attached hydrogens (tertiary/aromatic N) is 4. The predicted octanol–water partition coefficient (Wildman–Crippen LogP) is 3.12. The third-order valence-electron chi connectivity index (χ3n) is 5.13. The highest BCUT2D eigenvalue weighted by atomic mass is 16.5. The van der Waals surface area contributed by atoms with Crippen LogP contribution in [0.1, 0.15) is 31.5 Å². The molecule has 27 heavy (non-hydrogen) atoms. The Hall–Kier alpha value is -2.18. The minimum Gasteiger partial charge on any atom is -0.469 e. The second-order valence-corrected chi connectivity index (χ2v) is 7.20. The van der Waals surface area contributed by atoms with E-state index in [4.69, 9.17) is 19.4 Å². The maximum atomic E-state index is 6.20. The van der Waals surface area contributed by atoms with Crippen molar-refractivity contribution in [2.75, 3.05) is 32.2 Å². The molecule has 0 radical (unpaired) electrons. The van der Waals surface area contributed by atoms with E-state index < -0.39 is 0 Å². The van der Waals surface area contributed by atoms with Crippen LogP contribution in [0.15, 0.2) is 36.5 Å². The van der Waals surface area contributed by atoms with Crippen LogP contribution in [0.3, 0.4) is 0 Å². The van der Waals surface area contributed by atoms with E-state index in [1.54, 1.807) is 7.11 Å². The van der Waals surface area contributed by atoms with Gasteiger partial charge < -0.3 is 14.4 Å². The van der Waals surface area contributed by atoms with Crippen molar-refractivity contribution in [2.24, 2.45) is 0 Å². The molecule has 0 bridgehead atoms. The highest BCUT2D eigenvalue weighted by Crippen LogP contribution is 2.26. The van der Waals surface area contributed by atoms with Crippen LogP contribution in [0.5, 0.6) is 5.88 Å².